The summed E-state index contributed by atoms with van der Waals surface area (Å²) in [6.45, 7) is 2.66. The smallest absolute Gasteiger partial charge is 0.347 e. The van der Waals surface area contributed by atoms with Gasteiger partial charge in [-0.15, -0.1) is 12.4 Å². The Morgan fingerprint density at radius 1 is 1.09 bits per heavy atom. The van der Waals surface area contributed by atoms with E-state index in [-0.39, 0.29) is 30.9 Å². The van der Waals surface area contributed by atoms with Gasteiger partial charge in [0.05, 0.1) is 22.9 Å². The van der Waals surface area contributed by atoms with Crippen molar-refractivity contribution in [3.63, 3.8) is 0 Å². The van der Waals surface area contributed by atoms with E-state index in [9.17, 15) is 31.1 Å². The van der Waals surface area contributed by atoms with Gasteiger partial charge in [0, 0.05) is 24.8 Å². The van der Waals surface area contributed by atoms with Gasteiger partial charge in [0.2, 0.25) is 5.91 Å². The fourth-order valence-electron chi connectivity index (χ4n) is 4.32. The SMILES string of the molecule is CCCCN1C(=NC2CCCCC2)SCC1CC(=O)Nc1c(C(F)(F)F)cccc1C(F)(F)F.Cl. The van der Waals surface area contributed by atoms with Crippen LogP contribution in [0.25, 0.3) is 0 Å². The molecule has 0 spiro atoms. The number of rotatable bonds is 7. The number of hydrogen-bond donors (Lipinski definition) is 1. The monoisotopic (exact) mass is 545 g/mol. The van der Waals surface area contributed by atoms with Gasteiger partial charge < -0.3 is 10.2 Å². The lowest BCUT2D eigenvalue weighted by atomic mass is 9.96. The maximum absolute atomic E-state index is 13.4. The van der Waals surface area contributed by atoms with Gasteiger partial charge in [0.25, 0.3) is 0 Å². The van der Waals surface area contributed by atoms with E-state index in [0.29, 0.717) is 30.5 Å². The van der Waals surface area contributed by atoms with E-state index in [1.807, 2.05) is 17.1 Å². The molecule has 2 aliphatic rings. The number of anilines is 1. The quantitative estimate of drug-likeness (QED) is 0.364. The molecular weight excluding hydrogens is 516 g/mol. The van der Waals surface area contributed by atoms with Crippen LogP contribution in [0.2, 0.25) is 0 Å². The number of carbonyl (C=O) groups excluding carboxylic acids is 1. The number of unbranched alkanes of at least 4 members (excludes halogenated alkanes) is 1. The molecule has 0 radical (unpaired) electrons. The number of amidine groups is 1. The molecule has 2 fully saturated rings. The van der Waals surface area contributed by atoms with Gasteiger partial charge in [0.1, 0.15) is 0 Å². The number of carbonyl (C=O) groups is 1. The molecule has 4 nitrogen and oxygen atoms in total. The first-order valence-electron chi connectivity index (χ1n) is 11.5. The highest BCUT2D eigenvalue weighted by Gasteiger charge is 2.41. The minimum absolute atomic E-state index is 0. The molecular formula is C23H30ClF6N3OS. The van der Waals surface area contributed by atoms with Crippen molar-refractivity contribution in [2.45, 2.75) is 82.7 Å². The number of alkyl halides is 6. The van der Waals surface area contributed by atoms with Crippen molar-refractivity contribution in [1.29, 1.82) is 0 Å². The second-order valence-corrected chi connectivity index (χ2v) is 9.68. The molecule has 0 bridgehead atoms. The number of aliphatic imine (C=N–C) groups is 1. The highest BCUT2D eigenvalue weighted by atomic mass is 35.5. The van der Waals surface area contributed by atoms with Crippen molar-refractivity contribution in [2.75, 3.05) is 17.6 Å². The van der Waals surface area contributed by atoms with Crippen molar-refractivity contribution in [2.24, 2.45) is 4.99 Å². The van der Waals surface area contributed by atoms with E-state index >= 15 is 0 Å². The van der Waals surface area contributed by atoms with Crippen LogP contribution in [0.5, 0.6) is 0 Å². The third kappa shape index (κ3) is 7.93. The first kappa shape index (κ1) is 29.6. The Morgan fingerprint density at radius 2 is 1.69 bits per heavy atom. The summed E-state index contributed by atoms with van der Waals surface area (Å²) in [6, 6.07) is 1.65. The Kier molecular flexibility index (Phi) is 10.6. The van der Waals surface area contributed by atoms with Crippen LogP contribution in [-0.2, 0) is 17.1 Å². The first-order valence-corrected chi connectivity index (χ1v) is 12.5. The topological polar surface area (TPSA) is 44.7 Å². The van der Waals surface area contributed by atoms with Crippen molar-refractivity contribution >= 4 is 40.9 Å². The maximum atomic E-state index is 13.4. The van der Waals surface area contributed by atoms with Crippen LogP contribution in [0.15, 0.2) is 23.2 Å². The molecule has 1 amide bonds. The molecule has 3 rings (SSSR count). The van der Waals surface area contributed by atoms with Crippen LogP contribution < -0.4 is 5.32 Å². The van der Waals surface area contributed by atoms with E-state index in [2.05, 4.69) is 0 Å². The van der Waals surface area contributed by atoms with Crippen LogP contribution >= 0.6 is 24.2 Å². The van der Waals surface area contributed by atoms with Gasteiger partial charge in [-0.05, 0) is 31.4 Å². The van der Waals surface area contributed by atoms with Gasteiger partial charge in [-0.2, -0.15) is 26.3 Å². The van der Waals surface area contributed by atoms with Crippen LogP contribution in [-0.4, -0.2) is 40.4 Å². The largest absolute Gasteiger partial charge is 0.418 e. The lowest BCUT2D eigenvalue weighted by Crippen LogP contribution is -2.38. The van der Waals surface area contributed by atoms with E-state index in [1.54, 1.807) is 0 Å². The summed E-state index contributed by atoms with van der Waals surface area (Å²) in [5.41, 5.74) is -4.27. The first-order chi connectivity index (χ1) is 16.0. The molecule has 1 heterocycles. The molecule has 1 atom stereocenters. The number of nitrogens with zero attached hydrogens (tertiary/aromatic N) is 2. The molecule has 35 heavy (non-hydrogen) atoms. The summed E-state index contributed by atoms with van der Waals surface area (Å²) >= 11 is 1.50. The third-order valence-electron chi connectivity index (χ3n) is 6.07. The van der Waals surface area contributed by atoms with E-state index in [0.717, 1.165) is 43.7 Å². The fraction of sp³-hybridized carbons (Fsp3) is 0.652. The van der Waals surface area contributed by atoms with Crippen molar-refractivity contribution in [1.82, 2.24) is 4.90 Å². The van der Waals surface area contributed by atoms with Crippen LogP contribution in [0.3, 0.4) is 0 Å². The number of nitrogens with one attached hydrogen (secondary N) is 1. The molecule has 1 aliphatic heterocycles. The van der Waals surface area contributed by atoms with Gasteiger partial charge in [0.15, 0.2) is 5.17 Å². The zero-order chi connectivity index (χ0) is 24.9. The number of para-hydroxylation sites is 1. The minimum Gasteiger partial charge on any atom is -0.347 e. The van der Waals surface area contributed by atoms with Crippen molar-refractivity contribution in [3.05, 3.63) is 29.3 Å². The number of thioether (sulfide) groups is 1. The third-order valence-corrected chi connectivity index (χ3v) is 7.22. The Balaban J connectivity index is 0.00000432. The van der Waals surface area contributed by atoms with Crippen LogP contribution in [0.4, 0.5) is 32.0 Å². The average molecular weight is 546 g/mol. The number of amides is 1. The average Bonchev–Trinajstić information content (AvgIpc) is 3.12. The van der Waals surface area contributed by atoms with Crippen LogP contribution in [0, 0.1) is 0 Å². The summed E-state index contributed by atoms with van der Waals surface area (Å²) < 4.78 is 80.4. The number of hydrogen-bond acceptors (Lipinski definition) is 3. The van der Waals surface area contributed by atoms with E-state index in [1.165, 1.54) is 18.2 Å². The van der Waals surface area contributed by atoms with Crippen LogP contribution in [0.1, 0.15) is 69.4 Å². The lowest BCUT2D eigenvalue weighted by molar-refractivity contribution is -0.141. The predicted octanol–water partition coefficient (Wildman–Crippen LogP) is 7.38. The molecule has 1 saturated carbocycles. The molecule has 12 heteroatoms. The summed E-state index contributed by atoms with van der Waals surface area (Å²) in [7, 11) is 0. The second kappa shape index (κ2) is 12.6. The molecule has 1 saturated heterocycles. The molecule has 1 N–H and O–H groups in total. The van der Waals surface area contributed by atoms with E-state index in [4.69, 9.17) is 4.99 Å². The predicted molar refractivity (Wildman–Crippen MR) is 129 cm³/mol. The number of benzene rings is 1. The standard InChI is InChI=1S/C23H29F6N3OS.ClH/c1-2-3-12-32-16(14-34-21(32)30-15-8-5-4-6-9-15)13-19(33)31-20-17(22(24,25)26)10-7-11-18(20)23(27,28)29;/h7,10-11,15-16H,2-6,8-9,12-14H2,1H3,(H,31,33);1H. The van der Waals surface area contributed by atoms with E-state index < -0.39 is 35.1 Å². The van der Waals surface area contributed by atoms with Gasteiger partial charge in [-0.1, -0.05) is 50.4 Å². The zero-order valence-corrected chi connectivity index (χ0v) is 21.0. The second-order valence-electron chi connectivity index (χ2n) is 8.69. The van der Waals surface area contributed by atoms with Crippen molar-refractivity contribution < 1.29 is 31.1 Å². The Labute approximate surface area is 211 Å². The van der Waals surface area contributed by atoms with Crippen molar-refractivity contribution in [3.8, 4) is 0 Å². The molecule has 1 aromatic rings. The normalized spacial score (nSPS) is 20.7. The summed E-state index contributed by atoms with van der Waals surface area (Å²) in [5.74, 6) is -0.372. The molecule has 1 aromatic carbocycles. The fourth-order valence-corrected chi connectivity index (χ4v) is 5.59. The lowest BCUT2D eigenvalue weighted by Gasteiger charge is -2.27. The minimum atomic E-state index is -5.04. The molecule has 1 aliphatic carbocycles. The Morgan fingerprint density at radius 3 is 2.23 bits per heavy atom. The molecule has 1 unspecified atom stereocenters. The Hall–Kier alpha value is -1.62. The molecule has 198 valence electrons. The number of halogens is 7. The zero-order valence-electron chi connectivity index (χ0n) is 19.3. The van der Waals surface area contributed by atoms with Gasteiger partial charge in [-0.3, -0.25) is 9.79 Å². The molecule has 0 aromatic heterocycles. The Bertz CT molecular complexity index is 855. The van der Waals surface area contributed by atoms with Gasteiger partial charge >= 0.3 is 12.4 Å². The van der Waals surface area contributed by atoms with Gasteiger partial charge in [-0.25, -0.2) is 0 Å². The highest BCUT2D eigenvalue weighted by Crippen LogP contribution is 2.42. The maximum Gasteiger partial charge on any atom is 0.418 e. The summed E-state index contributed by atoms with van der Waals surface area (Å²) in [5, 5.41) is 2.76. The summed E-state index contributed by atoms with van der Waals surface area (Å²) in [4.78, 5) is 19.6. The summed E-state index contributed by atoms with van der Waals surface area (Å²) in [6.07, 6.45) is -3.11. The highest BCUT2D eigenvalue weighted by molar-refractivity contribution is 8.14.